The molecule has 2 aromatic carbocycles. The third-order valence-electron chi connectivity index (χ3n) is 3.68. The van der Waals surface area contributed by atoms with E-state index >= 15 is 0 Å². The van der Waals surface area contributed by atoms with Crippen LogP contribution in [0.2, 0.25) is 0 Å². The monoisotopic (exact) mass is 338 g/mol. The van der Waals surface area contributed by atoms with E-state index in [1.807, 2.05) is 56.3 Å². The van der Waals surface area contributed by atoms with Crippen molar-refractivity contribution in [2.24, 2.45) is 0 Å². The molecule has 0 spiro atoms. The molecule has 0 saturated heterocycles. The van der Waals surface area contributed by atoms with E-state index in [4.69, 9.17) is 0 Å². The van der Waals surface area contributed by atoms with Crippen LogP contribution in [0.4, 0.5) is 5.82 Å². The number of benzene rings is 2. The molecule has 0 radical (unpaired) electrons. The highest BCUT2D eigenvalue weighted by Crippen LogP contribution is 2.22. The van der Waals surface area contributed by atoms with E-state index in [2.05, 4.69) is 9.71 Å². The first-order valence-corrected chi connectivity index (χ1v) is 9.06. The van der Waals surface area contributed by atoms with Gasteiger partial charge in [0.25, 0.3) is 10.0 Å². The van der Waals surface area contributed by atoms with Gasteiger partial charge in [-0.1, -0.05) is 48.0 Å². The zero-order valence-electron chi connectivity index (χ0n) is 13.5. The van der Waals surface area contributed by atoms with E-state index in [9.17, 15) is 8.42 Å². The number of nitrogens with one attached hydrogen (secondary N) is 1. The molecule has 122 valence electrons. The van der Waals surface area contributed by atoms with Gasteiger partial charge in [0.05, 0.1) is 4.90 Å². The van der Waals surface area contributed by atoms with Crippen molar-refractivity contribution in [3.63, 3.8) is 0 Å². The Morgan fingerprint density at radius 3 is 1.96 bits per heavy atom. The van der Waals surface area contributed by atoms with Crippen molar-refractivity contribution in [3.05, 3.63) is 78.0 Å². The van der Waals surface area contributed by atoms with Crippen LogP contribution in [0.5, 0.6) is 0 Å². The Kier molecular flexibility index (Phi) is 4.36. The summed E-state index contributed by atoms with van der Waals surface area (Å²) in [5.74, 6) is 0.317. The molecule has 4 nitrogen and oxygen atoms in total. The van der Waals surface area contributed by atoms with Crippen LogP contribution in [0.3, 0.4) is 0 Å². The quantitative estimate of drug-likeness (QED) is 0.777. The number of aromatic nitrogens is 1. The first-order chi connectivity index (χ1) is 11.4. The van der Waals surface area contributed by atoms with Crippen LogP contribution in [0, 0.1) is 13.8 Å². The second-order valence-electron chi connectivity index (χ2n) is 5.66. The molecular formula is C19H18N2O2S. The van der Waals surface area contributed by atoms with Gasteiger partial charge in [-0.25, -0.2) is 13.4 Å². The molecule has 1 heterocycles. The number of hydrogen-bond donors (Lipinski definition) is 1. The second-order valence-corrected chi connectivity index (χ2v) is 7.34. The van der Waals surface area contributed by atoms with Gasteiger partial charge in [0, 0.05) is 5.69 Å². The fourth-order valence-corrected chi connectivity index (χ4v) is 3.37. The molecule has 0 fully saturated rings. The van der Waals surface area contributed by atoms with Crippen molar-refractivity contribution < 1.29 is 8.42 Å². The maximum absolute atomic E-state index is 12.5. The fourth-order valence-electron chi connectivity index (χ4n) is 2.37. The van der Waals surface area contributed by atoms with E-state index in [0.717, 1.165) is 16.8 Å². The molecule has 1 N–H and O–H groups in total. The minimum atomic E-state index is -3.65. The van der Waals surface area contributed by atoms with Gasteiger partial charge in [0.1, 0.15) is 5.82 Å². The topological polar surface area (TPSA) is 59.1 Å². The van der Waals surface area contributed by atoms with Crippen LogP contribution in [0.15, 0.2) is 71.6 Å². The molecule has 0 aliphatic rings. The molecule has 0 aliphatic heterocycles. The van der Waals surface area contributed by atoms with Crippen LogP contribution in [-0.4, -0.2) is 13.4 Å². The van der Waals surface area contributed by atoms with Gasteiger partial charge in [-0.3, -0.25) is 4.72 Å². The van der Waals surface area contributed by atoms with Gasteiger partial charge < -0.3 is 0 Å². The van der Waals surface area contributed by atoms with Gasteiger partial charge in [-0.05, 0) is 49.2 Å². The molecule has 24 heavy (non-hydrogen) atoms. The van der Waals surface area contributed by atoms with Crippen LogP contribution in [-0.2, 0) is 10.0 Å². The largest absolute Gasteiger partial charge is 0.263 e. The minimum absolute atomic E-state index is 0.210. The molecule has 5 heteroatoms. The standard InChI is InChI=1S/C19H18N2O2S/c1-14-6-8-16(9-7-14)17-10-12-18(13-11-17)24(22,23)21-19-5-3-4-15(2)20-19/h3-13H,1-2H3,(H,20,21). The summed E-state index contributed by atoms with van der Waals surface area (Å²) in [6.07, 6.45) is 0. The Morgan fingerprint density at radius 1 is 0.792 bits per heavy atom. The third-order valence-corrected chi connectivity index (χ3v) is 5.05. The molecule has 3 aromatic rings. The van der Waals surface area contributed by atoms with Gasteiger partial charge in [-0.2, -0.15) is 0 Å². The van der Waals surface area contributed by atoms with Crippen molar-refractivity contribution in [1.29, 1.82) is 0 Å². The van der Waals surface area contributed by atoms with Crippen molar-refractivity contribution in [3.8, 4) is 11.1 Å². The number of hydrogen-bond acceptors (Lipinski definition) is 3. The molecule has 0 bridgehead atoms. The van der Waals surface area contributed by atoms with E-state index in [1.165, 1.54) is 5.56 Å². The lowest BCUT2D eigenvalue weighted by Gasteiger charge is -2.09. The molecule has 3 rings (SSSR count). The van der Waals surface area contributed by atoms with Crippen molar-refractivity contribution in [2.45, 2.75) is 18.7 Å². The zero-order chi connectivity index (χ0) is 17.2. The summed E-state index contributed by atoms with van der Waals surface area (Å²) in [4.78, 5) is 4.38. The lowest BCUT2D eigenvalue weighted by atomic mass is 10.0. The van der Waals surface area contributed by atoms with Crippen LogP contribution in [0.25, 0.3) is 11.1 Å². The summed E-state index contributed by atoms with van der Waals surface area (Å²) >= 11 is 0. The predicted octanol–water partition coefficient (Wildman–Crippen LogP) is 4.17. The highest BCUT2D eigenvalue weighted by atomic mass is 32.2. The van der Waals surface area contributed by atoms with E-state index in [1.54, 1.807) is 24.3 Å². The summed E-state index contributed by atoms with van der Waals surface area (Å²) < 4.78 is 27.4. The Balaban J connectivity index is 1.85. The molecular weight excluding hydrogens is 320 g/mol. The maximum atomic E-state index is 12.5. The lowest BCUT2D eigenvalue weighted by molar-refractivity contribution is 0.601. The SMILES string of the molecule is Cc1ccc(-c2ccc(S(=O)(=O)Nc3cccc(C)n3)cc2)cc1. The van der Waals surface area contributed by atoms with Crippen molar-refractivity contribution in [2.75, 3.05) is 4.72 Å². The summed E-state index contributed by atoms with van der Waals surface area (Å²) in [5, 5.41) is 0. The summed E-state index contributed by atoms with van der Waals surface area (Å²) in [5.41, 5.74) is 3.97. The molecule has 0 saturated carbocycles. The summed E-state index contributed by atoms with van der Waals surface area (Å²) in [7, 11) is -3.65. The van der Waals surface area contributed by atoms with E-state index in [0.29, 0.717) is 5.82 Å². The highest BCUT2D eigenvalue weighted by Gasteiger charge is 2.14. The van der Waals surface area contributed by atoms with Crippen molar-refractivity contribution in [1.82, 2.24) is 4.98 Å². The molecule has 0 amide bonds. The van der Waals surface area contributed by atoms with Crippen LogP contribution in [0.1, 0.15) is 11.3 Å². The Labute approximate surface area is 142 Å². The predicted molar refractivity (Wildman–Crippen MR) is 96.4 cm³/mol. The highest BCUT2D eigenvalue weighted by molar-refractivity contribution is 7.92. The molecule has 1 aromatic heterocycles. The fraction of sp³-hybridized carbons (Fsp3) is 0.105. The summed E-state index contributed by atoms with van der Waals surface area (Å²) in [6, 6.07) is 20.1. The third kappa shape index (κ3) is 3.63. The molecule has 0 aliphatic carbocycles. The minimum Gasteiger partial charge on any atom is -0.263 e. The lowest BCUT2D eigenvalue weighted by Crippen LogP contribution is -2.14. The summed E-state index contributed by atoms with van der Waals surface area (Å²) in [6.45, 7) is 3.85. The normalized spacial score (nSPS) is 11.2. The number of rotatable bonds is 4. The Hall–Kier alpha value is -2.66. The molecule has 0 atom stereocenters. The number of anilines is 1. The number of pyridine rings is 1. The molecule has 0 unspecified atom stereocenters. The van der Waals surface area contributed by atoms with Crippen LogP contribution >= 0.6 is 0 Å². The number of aryl methyl sites for hydroxylation is 2. The Morgan fingerprint density at radius 2 is 1.38 bits per heavy atom. The van der Waals surface area contributed by atoms with Gasteiger partial charge in [-0.15, -0.1) is 0 Å². The van der Waals surface area contributed by atoms with Gasteiger partial charge in [0.2, 0.25) is 0 Å². The average molecular weight is 338 g/mol. The Bertz CT molecular complexity index is 947. The number of nitrogens with zero attached hydrogens (tertiary/aromatic N) is 1. The van der Waals surface area contributed by atoms with Gasteiger partial charge >= 0.3 is 0 Å². The first-order valence-electron chi connectivity index (χ1n) is 7.58. The van der Waals surface area contributed by atoms with Gasteiger partial charge in [0.15, 0.2) is 0 Å². The van der Waals surface area contributed by atoms with E-state index < -0.39 is 10.0 Å². The first kappa shape index (κ1) is 16.2. The number of sulfonamides is 1. The van der Waals surface area contributed by atoms with E-state index in [-0.39, 0.29) is 4.90 Å². The average Bonchev–Trinajstić information content (AvgIpc) is 2.55. The van der Waals surface area contributed by atoms with Crippen LogP contribution < -0.4 is 4.72 Å². The van der Waals surface area contributed by atoms with Crippen molar-refractivity contribution >= 4 is 15.8 Å². The zero-order valence-corrected chi connectivity index (χ0v) is 14.3. The maximum Gasteiger partial charge on any atom is 0.263 e. The second kappa shape index (κ2) is 6.45. The smallest absolute Gasteiger partial charge is 0.263 e.